The van der Waals surface area contributed by atoms with Gasteiger partial charge in [-0.25, -0.2) is 0 Å². The van der Waals surface area contributed by atoms with Crippen LogP contribution in [0.25, 0.3) is 0 Å². The molecule has 0 N–H and O–H groups in total. The Morgan fingerprint density at radius 2 is 0.533 bits per heavy atom. The van der Waals surface area contributed by atoms with E-state index in [4.69, 9.17) is 18.9 Å². The van der Waals surface area contributed by atoms with Crippen LogP contribution in [0, 0.1) is 0 Å². The van der Waals surface area contributed by atoms with Gasteiger partial charge in [0.25, 0.3) is 0 Å². The molecular formula is C37H44O4S4. The highest BCUT2D eigenvalue weighted by Gasteiger charge is 2.38. The lowest BCUT2D eigenvalue weighted by molar-refractivity contribution is 0.318. The molecule has 0 unspecified atom stereocenters. The van der Waals surface area contributed by atoms with E-state index in [1.54, 1.807) is 0 Å². The second-order valence-electron chi connectivity index (χ2n) is 10.5. The van der Waals surface area contributed by atoms with Crippen molar-refractivity contribution in [2.24, 2.45) is 0 Å². The highest BCUT2D eigenvalue weighted by atomic mass is 32.1. The third kappa shape index (κ3) is 9.74. The van der Waals surface area contributed by atoms with E-state index < -0.39 is 5.41 Å². The van der Waals surface area contributed by atoms with Crippen molar-refractivity contribution in [3.63, 3.8) is 0 Å². The van der Waals surface area contributed by atoms with Crippen LogP contribution < -0.4 is 18.9 Å². The maximum absolute atomic E-state index is 6.00. The highest BCUT2D eigenvalue weighted by Crippen LogP contribution is 2.46. The van der Waals surface area contributed by atoms with Gasteiger partial charge in [-0.2, -0.15) is 50.5 Å². The molecule has 4 aromatic carbocycles. The van der Waals surface area contributed by atoms with E-state index in [1.807, 2.05) is 0 Å². The molecule has 0 aliphatic heterocycles. The molecule has 0 heterocycles. The second-order valence-corrected chi connectivity index (χ2v) is 12.3. The summed E-state index contributed by atoms with van der Waals surface area (Å²) in [7, 11) is 0. The summed E-state index contributed by atoms with van der Waals surface area (Å²) in [6.07, 6.45) is 3.56. The SMILES string of the molecule is SCCCOc1ccc(C(c2ccc(OCCCS)cc2)(c2ccc(OCCCS)cc2)c2ccc(OCCCS)cc2)cc1. The van der Waals surface area contributed by atoms with E-state index in [9.17, 15) is 0 Å². The van der Waals surface area contributed by atoms with Gasteiger partial charge in [-0.3, -0.25) is 0 Å². The van der Waals surface area contributed by atoms with Gasteiger partial charge in [0.05, 0.1) is 31.8 Å². The first-order valence-electron chi connectivity index (χ1n) is 15.5. The lowest BCUT2D eigenvalue weighted by atomic mass is 9.65. The average Bonchev–Trinajstić information content (AvgIpc) is 3.08. The Morgan fingerprint density at radius 1 is 0.333 bits per heavy atom. The zero-order valence-corrected chi connectivity index (χ0v) is 29.2. The molecule has 0 aliphatic carbocycles. The molecule has 0 aromatic heterocycles. The summed E-state index contributed by atoms with van der Waals surface area (Å²) < 4.78 is 24.0. The van der Waals surface area contributed by atoms with Crippen molar-refractivity contribution in [1.29, 1.82) is 0 Å². The number of hydrogen-bond donors (Lipinski definition) is 4. The Kier molecular flexibility index (Phi) is 15.1. The fourth-order valence-corrected chi connectivity index (χ4v) is 5.74. The van der Waals surface area contributed by atoms with Gasteiger partial charge in [0.15, 0.2) is 0 Å². The van der Waals surface area contributed by atoms with Gasteiger partial charge >= 0.3 is 0 Å². The Labute approximate surface area is 290 Å². The van der Waals surface area contributed by atoms with Crippen molar-refractivity contribution in [1.82, 2.24) is 0 Å². The van der Waals surface area contributed by atoms with Gasteiger partial charge in [0.2, 0.25) is 0 Å². The predicted molar refractivity (Wildman–Crippen MR) is 201 cm³/mol. The van der Waals surface area contributed by atoms with Crippen LogP contribution in [0.3, 0.4) is 0 Å². The summed E-state index contributed by atoms with van der Waals surface area (Å²) in [5, 5.41) is 0. The van der Waals surface area contributed by atoms with Gasteiger partial charge in [0.1, 0.15) is 23.0 Å². The Morgan fingerprint density at radius 3 is 0.711 bits per heavy atom. The van der Waals surface area contributed by atoms with Crippen LogP contribution in [0.4, 0.5) is 0 Å². The summed E-state index contributed by atoms with van der Waals surface area (Å²) in [6, 6.07) is 33.8. The van der Waals surface area contributed by atoms with E-state index in [1.165, 1.54) is 0 Å². The molecule has 0 spiro atoms. The second kappa shape index (κ2) is 19.2. The predicted octanol–water partition coefficient (Wildman–Crippen LogP) is 8.86. The number of hydrogen-bond acceptors (Lipinski definition) is 8. The molecule has 240 valence electrons. The number of benzene rings is 4. The Bertz CT molecular complexity index is 1160. The molecule has 0 radical (unpaired) electrons. The van der Waals surface area contributed by atoms with Gasteiger partial charge in [-0.05, 0) is 119 Å². The molecule has 4 rings (SSSR count). The summed E-state index contributed by atoms with van der Waals surface area (Å²) in [5.74, 6) is 6.51. The molecule has 4 aromatic rings. The van der Waals surface area contributed by atoms with E-state index >= 15 is 0 Å². The summed E-state index contributed by atoms with van der Waals surface area (Å²) in [6.45, 7) is 2.52. The summed E-state index contributed by atoms with van der Waals surface area (Å²) in [4.78, 5) is 0. The quantitative estimate of drug-likeness (QED) is 0.0428. The van der Waals surface area contributed by atoms with Gasteiger partial charge < -0.3 is 18.9 Å². The minimum Gasteiger partial charge on any atom is -0.494 e. The van der Waals surface area contributed by atoms with Crippen LogP contribution in [0.15, 0.2) is 97.1 Å². The zero-order valence-electron chi connectivity index (χ0n) is 25.6. The standard InChI is InChI=1S/C37H44O4S4/c42-25-1-21-38-33-13-5-29(6-14-33)37(30-7-15-34(16-8-30)39-22-2-26-43,31-9-17-35(18-10-31)40-23-3-27-44)32-11-19-36(20-12-32)41-24-4-28-45/h5-20,42-45H,1-4,21-28H2. The zero-order chi connectivity index (χ0) is 31.7. The smallest absolute Gasteiger partial charge is 0.119 e. The normalized spacial score (nSPS) is 11.3. The van der Waals surface area contributed by atoms with Crippen molar-refractivity contribution < 1.29 is 18.9 Å². The van der Waals surface area contributed by atoms with Crippen molar-refractivity contribution in [3.8, 4) is 23.0 Å². The number of rotatable bonds is 20. The molecule has 0 saturated heterocycles. The molecule has 0 saturated carbocycles. The molecule has 0 bridgehead atoms. The van der Waals surface area contributed by atoms with Crippen LogP contribution in [0.1, 0.15) is 47.9 Å². The maximum atomic E-state index is 6.00. The number of thiol groups is 4. The van der Waals surface area contributed by atoms with Crippen LogP contribution >= 0.6 is 50.5 Å². The van der Waals surface area contributed by atoms with Crippen molar-refractivity contribution >= 4 is 50.5 Å². The molecule has 45 heavy (non-hydrogen) atoms. The maximum Gasteiger partial charge on any atom is 0.119 e. The topological polar surface area (TPSA) is 36.9 Å². The third-order valence-corrected chi connectivity index (χ3v) is 8.70. The van der Waals surface area contributed by atoms with Crippen molar-refractivity contribution in [2.75, 3.05) is 49.4 Å². The monoisotopic (exact) mass is 680 g/mol. The fraction of sp³-hybridized carbons (Fsp3) is 0.351. The lowest BCUT2D eigenvalue weighted by Gasteiger charge is -2.37. The first-order chi connectivity index (χ1) is 22.1. The molecule has 8 heteroatoms. The van der Waals surface area contributed by atoms with E-state index in [2.05, 4.69) is 148 Å². The minimum absolute atomic E-state index is 0.631. The number of ether oxygens (including phenoxy) is 4. The van der Waals surface area contributed by atoms with E-state index in [-0.39, 0.29) is 0 Å². The lowest BCUT2D eigenvalue weighted by Crippen LogP contribution is -2.31. The largest absolute Gasteiger partial charge is 0.494 e. The van der Waals surface area contributed by atoms with Crippen molar-refractivity contribution in [3.05, 3.63) is 119 Å². The van der Waals surface area contributed by atoms with Gasteiger partial charge in [0, 0.05) is 0 Å². The summed E-state index contributed by atoms with van der Waals surface area (Å²) in [5.41, 5.74) is 3.79. The molecule has 0 fully saturated rings. The van der Waals surface area contributed by atoms with E-state index in [0.29, 0.717) is 26.4 Å². The summed E-state index contributed by atoms with van der Waals surface area (Å²) >= 11 is 17.3. The molecule has 0 amide bonds. The third-order valence-electron chi connectivity index (χ3n) is 7.43. The van der Waals surface area contributed by atoms with Crippen LogP contribution in [0.5, 0.6) is 23.0 Å². The van der Waals surface area contributed by atoms with E-state index in [0.717, 1.165) is 93.9 Å². The molecule has 4 nitrogen and oxygen atoms in total. The van der Waals surface area contributed by atoms with Gasteiger partial charge in [-0.1, -0.05) is 48.5 Å². The Balaban J connectivity index is 1.84. The van der Waals surface area contributed by atoms with Crippen LogP contribution in [-0.4, -0.2) is 49.4 Å². The Hall–Kier alpha value is -2.52. The van der Waals surface area contributed by atoms with Crippen molar-refractivity contribution in [2.45, 2.75) is 31.1 Å². The first-order valence-corrected chi connectivity index (χ1v) is 18.1. The molecule has 0 atom stereocenters. The minimum atomic E-state index is -0.652. The van der Waals surface area contributed by atoms with Crippen LogP contribution in [0.2, 0.25) is 0 Å². The fourth-order valence-electron chi connectivity index (χ4n) is 5.22. The van der Waals surface area contributed by atoms with Crippen LogP contribution in [-0.2, 0) is 5.41 Å². The molecular weight excluding hydrogens is 637 g/mol. The first kappa shape index (κ1) is 35.3. The van der Waals surface area contributed by atoms with Gasteiger partial charge in [-0.15, -0.1) is 0 Å². The molecule has 0 aliphatic rings. The average molecular weight is 681 g/mol. The highest BCUT2D eigenvalue weighted by molar-refractivity contribution is 7.80.